The number of aliphatic hydroxyl groups is 1. The van der Waals surface area contributed by atoms with Gasteiger partial charge in [-0.1, -0.05) is 0 Å². The fourth-order valence-electron chi connectivity index (χ4n) is 4.43. The van der Waals surface area contributed by atoms with Crippen molar-refractivity contribution in [2.24, 2.45) is 17.8 Å². The van der Waals surface area contributed by atoms with Crippen LogP contribution in [0.1, 0.15) is 12.8 Å². The Kier molecular flexibility index (Phi) is 2.13. The van der Waals surface area contributed by atoms with E-state index in [9.17, 15) is 5.11 Å². The van der Waals surface area contributed by atoms with E-state index < -0.39 is 0 Å². The van der Waals surface area contributed by atoms with E-state index in [1.807, 2.05) is 19.4 Å². The molecule has 3 fully saturated rings. The van der Waals surface area contributed by atoms with E-state index in [0.717, 1.165) is 23.8 Å². The summed E-state index contributed by atoms with van der Waals surface area (Å²) in [5.74, 6) is 2.06. The van der Waals surface area contributed by atoms with Crippen LogP contribution in [0.3, 0.4) is 0 Å². The van der Waals surface area contributed by atoms with Gasteiger partial charge in [0.2, 0.25) is 0 Å². The molecule has 0 amide bonds. The Bertz CT molecular complexity index is 476. The molecule has 2 aliphatic carbocycles. The normalized spacial score (nSPS) is 40.6. The molecule has 96 valence electrons. The smallest absolute Gasteiger partial charge is 0.0774 e. The van der Waals surface area contributed by atoms with Gasteiger partial charge in [-0.05, 0) is 36.7 Å². The molecule has 3 aliphatic rings. The van der Waals surface area contributed by atoms with Crippen molar-refractivity contribution in [1.29, 1.82) is 0 Å². The van der Waals surface area contributed by atoms with Crippen LogP contribution in [-0.2, 0) is 0 Å². The predicted molar refractivity (Wildman–Crippen MR) is 70.6 cm³/mol. The molecular weight excluding hydrogens is 226 g/mol. The Hall–Kier alpha value is -1.29. The molecule has 2 bridgehead atoms. The zero-order valence-electron chi connectivity index (χ0n) is 10.6. The second kappa shape index (κ2) is 3.60. The number of pyridine rings is 1. The van der Waals surface area contributed by atoms with E-state index in [4.69, 9.17) is 0 Å². The average molecular weight is 245 g/mol. The van der Waals surface area contributed by atoms with Crippen LogP contribution >= 0.6 is 0 Å². The van der Waals surface area contributed by atoms with Crippen LogP contribution in [0.5, 0.6) is 0 Å². The summed E-state index contributed by atoms with van der Waals surface area (Å²) in [7, 11) is 1.91. The lowest BCUT2D eigenvalue weighted by atomic mass is 9.88. The number of anilines is 2. The number of nitrogens with one attached hydrogen (secondary N) is 1. The van der Waals surface area contributed by atoms with E-state index in [0.29, 0.717) is 17.9 Å². The van der Waals surface area contributed by atoms with Crippen LogP contribution in [0.2, 0.25) is 0 Å². The highest BCUT2D eigenvalue weighted by Crippen LogP contribution is 2.55. The molecule has 2 heterocycles. The number of fused-ring (bicyclic) bond motifs is 1. The summed E-state index contributed by atoms with van der Waals surface area (Å²) in [5.41, 5.74) is 2.19. The molecular formula is C14H19N3O. The second-order valence-electron chi connectivity index (χ2n) is 5.97. The Morgan fingerprint density at radius 1 is 1.33 bits per heavy atom. The number of rotatable bonds is 2. The summed E-state index contributed by atoms with van der Waals surface area (Å²) in [5, 5.41) is 13.5. The van der Waals surface area contributed by atoms with E-state index in [1.165, 1.54) is 12.8 Å². The van der Waals surface area contributed by atoms with Gasteiger partial charge in [-0.3, -0.25) is 4.98 Å². The molecule has 2 saturated carbocycles. The van der Waals surface area contributed by atoms with Crippen LogP contribution in [0, 0.1) is 17.8 Å². The van der Waals surface area contributed by atoms with E-state index >= 15 is 0 Å². The van der Waals surface area contributed by atoms with Gasteiger partial charge in [0.25, 0.3) is 0 Å². The van der Waals surface area contributed by atoms with Gasteiger partial charge in [0.05, 0.1) is 35.9 Å². The fraction of sp³-hybridized carbons (Fsp3) is 0.643. The van der Waals surface area contributed by atoms with Crippen LogP contribution < -0.4 is 10.2 Å². The van der Waals surface area contributed by atoms with Crippen molar-refractivity contribution < 1.29 is 5.11 Å². The van der Waals surface area contributed by atoms with E-state index in [2.05, 4.69) is 21.3 Å². The third kappa shape index (κ3) is 1.27. The Morgan fingerprint density at radius 2 is 2.22 bits per heavy atom. The van der Waals surface area contributed by atoms with E-state index in [1.54, 1.807) is 0 Å². The molecule has 0 aromatic carbocycles. The highest BCUT2D eigenvalue weighted by Gasteiger charge is 2.58. The van der Waals surface area contributed by atoms with Gasteiger partial charge in [0, 0.05) is 13.6 Å². The summed E-state index contributed by atoms with van der Waals surface area (Å²) in [6, 6.07) is 2.47. The van der Waals surface area contributed by atoms with Crippen molar-refractivity contribution in [3.63, 3.8) is 0 Å². The Balaban J connectivity index is 1.69. The molecule has 1 aliphatic heterocycles. The molecule has 1 aromatic rings. The first kappa shape index (κ1) is 10.6. The van der Waals surface area contributed by atoms with Gasteiger partial charge >= 0.3 is 0 Å². The molecule has 4 nitrogen and oxygen atoms in total. The minimum atomic E-state index is -0.132. The topological polar surface area (TPSA) is 48.4 Å². The monoisotopic (exact) mass is 245 g/mol. The number of hydrogen-bond donors (Lipinski definition) is 2. The molecule has 5 atom stereocenters. The Labute approximate surface area is 107 Å². The van der Waals surface area contributed by atoms with Gasteiger partial charge in [-0.15, -0.1) is 0 Å². The molecule has 18 heavy (non-hydrogen) atoms. The Morgan fingerprint density at radius 3 is 3.00 bits per heavy atom. The van der Waals surface area contributed by atoms with Crippen molar-refractivity contribution >= 4 is 11.4 Å². The first-order valence-corrected chi connectivity index (χ1v) is 6.85. The van der Waals surface area contributed by atoms with E-state index in [-0.39, 0.29) is 6.10 Å². The third-order valence-corrected chi connectivity index (χ3v) is 5.19. The predicted octanol–water partition coefficient (Wildman–Crippen LogP) is 1.33. The first-order chi connectivity index (χ1) is 8.78. The minimum Gasteiger partial charge on any atom is -0.391 e. The first-order valence-electron chi connectivity index (χ1n) is 6.85. The summed E-state index contributed by atoms with van der Waals surface area (Å²) in [4.78, 5) is 6.68. The second-order valence-corrected chi connectivity index (χ2v) is 5.97. The van der Waals surface area contributed by atoms with Crippen molar-refractivity contribution in [1.82, 2.24) is 4.98 Å². The zero-order valence-corrected chi connectivity index (χ0v) is 10.6. The molecule has 1 aromatic heterocycles. The zero-order chi connectivity index (χ0) is 12.3. The van der Waals surface area contributed by atoms with Gasteiger partial charge in [0.15, 0.2) is 0 Å². The maximum Gasteiger partial charge on any atom is 0.0774 e. The van der Waals surface area contributed by atoms with Gasteiger partial charge < -0.3 is 15.3 Å². The average Bonchev–Trinajstić information content (AvgIpc) is 3.00. The lowest BCUT2D eigenvalue weighted by Crippen LogP contribution is -2.40. The van der Waals surface area contributed by atoms with Gasteiger partial charge in [-0.25, -0.2) is 0 Å². The highest BCUT2D eigenvalue weighted by molar-refractivity contribution is 5.57. The largest absolute Gasteiger partial charge is 0.391 e. The number of aromatic nitrogens is 1. The minimum absolute atomic E-state index is 0.132. The summed E-state index contributed by atoms with van der Waals surface area (Å²) >= 11 is 0. The third-order valence-electron chi connectivity index (χ3n) is 5.19. The van der Waals surface area contributed by atoms with Crippen molar-refractivity contribution in [2.45, 2.75) is 25.0 Å². The quantitative estimate of drug-likeness (QED) is 0.825. The SMILES string of the molecule is CNc1cncc(N2CC3CC4CC3C2C4O)c1. The van der Waals surface area contributed by atoms with Crippen LogP contribution in [-0.4, -0.2) is 35.8 Å². The molecule has 0 spiro atoms. The van der Waals surface area contributed by atoms with Crippen LogP contribution in [0.25, 0.3) is 0 Å². The van der Waals surface area contributed by atoms with Crippen LogP contribution in [0.15, 0.2) is 18.5 Å². The summed E-state index contributed by atoms with van der Waals surface area (Å²) in [6.07, 6.45) is 6.07. The van der Waals surface area contributed by atoms with Crippen molar-refractivity contribution in [2.75, 3.05) is 23.8 Å². The number of hydrogen-bond acceptors (Lipinski definition) is 4. The van der Waals surface area contributed by atoms with Crippen molar-refractivity contribution in [3.05, 3.63) is 18.5 Å². The summed E-state index contributed by atoms with van der Waals surface area (Å²) in [6.45, 7) is 1.09. The fourth-order valence-corrected chi connectivity index (χ4v) is 4.43. The highest BCUT2D eigenvalue weighted by atomic mass is 16.3. The maximum atomic E-state index is 10.4. The lowest BCUT2D eigenvalue weighted by molar-refractivity contribution is 0.0966. The van der Waals surface area contributed by atoms with Crippen LogP contribution in [0.4, 0.5) is 11.4 Å². The maximum absolute atomic E-state index is 10.4. The molecule has 5 unspecified atom stereocenters. The molecule has 0 radical (unpaired) electrons. The standard InChI is InChI=1S/C14H19N3O/c1-15-10-4-11(6-16-5-10)17-7-9-2-8-3-12(9)13(17)14(8)18/h4-6,8-9,12-15,18H,2-3,7H2,1H3. The molecule has 2 N–H and O–H groups in total. The van der Waals surface area contributed by atoms with Gasteiger partial charge in [-0.2, -0.15) is 0 Å². The summed E-state index contributed by atoms with van der Waals surface area (Å²) < 4.78 is 0. The molecule has 4 heteroatoms. The molecule has 4 rings (SSSR count). The van der Waals surface area contributed by atoms with Gasteiger partial charge in [0.1, 0.15) is 0 Å². The number of aliphatic hydroxyl groups excluding tert-OH is 1. The van der Waals surface area contributed by atoms with Crippen molar-refractivity contribution in [3.8, 4) is 0 Å². The molecule has 1 saturated heterocycles. The number of nitrogens with zero attached hydrogens (tertiary/aromatic N) is 2. The lowest BCUT2D eigenvalue weighted by Gasteiger charge is -2.30.